The van der Waals surface area contributed by atoms with Gasteiger partial charge in [-0.2, -0.15) is 0 Å². The van der Waals surface area contributed by atoms with Crippen molar-refractivity contribution in [3.63, 3.8) is 0 Å². The van der Waals surface area contributed by atoms with Crippen LogP contribution in [0.15, 0.2) is 291 Å². The third-order valence-electron chi connectivity index (χ3n) is 29.9. The maximum Gasteiger partial charge on any atom is 0.0726 e. The van der Waals surface area contributed by atoms with Crippen molar-refractivity contribution >= 4 is 34.1 Å². The highest BCUT2D eigenvalue weighted by Crippen LogP contribution is 2.66. The van der Waals surface area contributed by atoms with E-state index in [0.717, 1.165) is 35.5 Å². The molecule has 108 heavy (non-hydrogen) atoms. The lowest BCUT2D eigenvalue weighted by molar-refractivity contribution is -0.00530. The fourth-order valence-corrected chi connectivity index (χ4v) is 26.2. The summed E-state index contributed by atoms with van der Waals surface area (Å²) in [7, 11) is 0. The van der Waals surface area contributed by atoms with Gasteiger partial charge in [-0.15, -0.1) is 0 Å². The molecule has 0 radical (unpaired) electrons. The Bertz CT molecular complexity index is 4930. The summed E-state index contributed by atoms with van der Waals surface area (Å²) in [4.78, 5) is 5.09. The van der Waals surface area contributed by atoms with Gasteiger partial charge in [0.1, 0.15) is 0 Å². The second-order valence-electron chi connectivity index (χ2n) is 35.9. The zero-order chi connectivity index (χ0) is 71.1. The normalized spacial score (nSPS) is 25.1. The molecular formula is C106H100N2. The van der Waals surface area contributed by atoms with Gasteiger partial charge in [-0.1, -0.05) is 257 Å². The molecule has 0 heterocycles. The van der Waals surface area contributed by atoms with Gasteiger partial charge in [-0.05, 0) is 334 Å². The van der Waals surface area contributed by atoms with E-state index in [2.05, 4.69) is 301 Å². The topological polar surface area (TPSA) is 6.48 Å². The van der Waals surface area contributed by atoms with E-state index < -0.39 is 5.41 Å². The maximum atomic E-state index is 2.55. The van der Waals surface area contributed by atoms with E-state index in [0.29, 0.717) is 22.7 Å². The van der Waals surface area contributed by atoms with E-state index in [1.165, 1.54) is 264 Å². The molecule has 12 aromatic carbocycles. The molecule has 13 aliphatic carbocycles. The summed E-state index contributed by atoms with van der Waals surface area (Å²) in [6, 6.07) is 113. The molecule has 1 spiro atoms. The molecule has 0 aliphatic heterocycles. The van der Waals surface area contributed by atoms with Crippen molar-refractivity contribution in [1.82, 2.24) is 0 Å². The standard InChI is InChI=1S/C53H49N.C53H51N/c1-2-10-38(11-3-1)39-18-22-41(23-19-39)54(42-24-20-40(21-25-42)52-32-35-28-36(33-52)30-37(29-35)34-52)43-26-27-47-46-14-6-9-17-50(46)53(51(47)31-43)48-15-7-4-12-44(48)45-13-5-8-16-49(45)53;1-4-12-40(13-5-1)41-20-24-45(25-21-41)54(46-26-22-42(23-27-46)52-34-37-30-38(35-52)32-39(31-37)36-52)47-28-29-49-48-18-10-11-19-50(48)53(51(49)33-47,43-14-6-2-7-15-43)44-16-8-3-9-17-44/h4-9,12-27,31,35-38H,1-3,10-11,28-30,32-34H2;2-3,6-11,14-29,33,37-40H,1,4-5,12-13,30-32,34-36H2. The van der Waals surface area contributed by atoms with Crippen LogP contribution in [0, 0.1) is 35.5 Å². The fraction of sp³-hybridized carbons (Fsp3) is 0.321. The highest BCUT2D eigenvalue weighted by Gasteiger charge is 2.55. The average molecular weight is 1400 g/mol. The van der Waals surface area contributed by atoms with E-state index in [4.69, 9.17) is 0 Å². The Labute approximate surface area is 641 Å². The van der Waals surface area contributed by atoms with Gasteiger partial charge >= 0.3 is 0 Å². The van der Waals surface area contributed by atoms with Crippen LogP contribution >= 0.6 is 0 Å². The summed E-state index contributed by atoms with van der Waals surface area (Å²) in [6.07, 6.45) is 30.8. The Balaban J connectivity index is 0.000000134. The zero-order valence-electron chi connectivity index (χ0n) is 62.8. The lowest BCUT2D eigenvalue weighted by Gasteiger charge is -2.57. The minimum atomic E-state index is -0.427. The van der Waals surface area contributed by atoms with E-state index in [-0.39, 0.29) is 5.41 Å². The summed E-state index contributed by atoms with van der Waals surface area (Å²) >= 11 is 0. The molecule has 0 amide bonds. The monoisotopic (exact) mass is 1400 g/mol. The number of rotatable bonds is 12. The van der Waals surface area contributed by atoms with Crippen molar-refractivity contribution in [3.8, 4) is 33.4 Å². The predicted octanol–water partition coefficient (Wildman–Crippen LogP) is 28.1. The van der Waals surface area contributed by atoms with Gasteiger partial charge in [0.25, 0.3) is 0 Å². The molecule has 0 unspecified atom stereocenters. The Morgan fingerprint density at radius 1 is 0.213 bits per heavy atom. The maximum absolute atomic E-state index is 2.55. The molecule has 8 bridgehead atoms. The number of fused-ring (bicyclic) bond motifs is 13. The summed E-state index contributed by atoms with van der Waals surface area (Å²) in [5.41, 5.74) is 32.6. The molecule has 2 nitrogen and oxygen atoms in total. The molecule has 0 aromatic heterocycles. The Hall–Kier alpha value is -9.76. The molecule has 12 aromatic rings. The number of anilines is 6. The van der Waals surface area contributed by atoms with Crippen molar-refractivity contribution in [2.24, 2.45) is 35.5 Å². The van der Waals surface area contributed by atoms with Crippen molar-refractivity contribution < 1.29 is 0 Å². The van der Waals surface area contributed by atoms with Crippen LogP contribution in [-0.4, -0.2) is 0 Å². The molecule has 0 atom stereocenters. The van der Waals surface area contributed by atoms with Gasteiger partial charge in [0.2, 0.25) is 0 Å². The quantitative estimate of drug-likeness (QED) is 0.120. The minimum Gasteiger partial charge on any atom is -0.310 e. The highest BCUT2D eigenvalue weighted by atomic mass is 15.1. The SMILES string of the molecule is c1ccc(C2(c3ccccc3)c3ccccc3-c3ccc(N(c4ccc(C5CCCCC5)cc4)c4ccc(C56CC7CC(CC(C7)C5)C6)cc4)cc32)cc1.c1ccc2c(c1)-c1ccccc1C21c2ccccc2-c2ccc(N(c3ccc(C4CCCCC4)cc3)c3ccc(C45CC6CC(CC(C6)C4)C5)cc3)cc21. The molecule has 25 rings (SSSR count). The largest absolute Gasteiger partial charge is 0.310 e. The minimum absolute atomic E-state index is 0.353. The highest BCUT2D eigenvalue weighted by molar-refractivity contribution is 5.97. The van der Waals surface area contributed by atoms with Crippen LogP contribution in [0.3, 0.4) is 0 Å². The Morgan fingerprint density at radius 2 is 0.481 bits per heavy atom. The molecule has 534 valence electrons. The van der Waals surface area contributed by atoms with Gasteiger partial charge < -0.3 is 9.80 Å². The first-order valence-corrected chi connectivity index (χ1v) is 42.2. The fourth-order valence-electron chi connectivity index (χ4n) is 26.2. The van der Waals surface area contributed by atoms with Crippen molar-refractivity contribution in [3.05, 3.63) is 358 Å². The predicted molar refractivity (Wildman–Crippen MR) is 447 cm³/mol. The molecular weight excluding hydrogens is 1300 g/mol. The van der Waals surface area contributed by atoms with Crippen LogP contribution in [-0.2, 0) is 21.7 Å². The summed E-state index contributed by atoms with van der Waals surface area (Å²) in [5, 5.41) is 0. The second kappa shape index (κ2) is 26.0. The van der Waals surface area contributed by atoms with Crippen LogP contribution in [0.4, 0.5) is 34.1 Å². The van der Waals surface area contributed by atoms with Crippen molar-refractivity contribution in [2.45, 2.75) is 175 Å². The number of hydrogen-bond acceptors (Lipinski definition) is 2. The number of hydrogen-bond donors (Lipinski definition) is 0. The first-order chi connectivity index (χ1) is 53.4. The van der Waals surface area contributed by atoms with Gasteiger partial charge in [0.15, 0.2) is 0 Å². The van der Waals surface area contributed by atoms with Crippen LogP contribution in [0.5, 0.6) is 0 Å². The summed E-state index contributed by atoms with van der Waals surface area (Å²) in [5.74, 6) is 7.06. The van der Waals surface area contributed by atoms with Crippen LogP contribution < -0.4 is 9.80 Å². The average Bonchev–Trinajstić information content (AvgIpc) is 1.51. The summed E-state index contributed by atoms with van der Waals surface area (Å²) in [6.45, 7) is 0. The molecule has 13 aliphatic rings. The van der Waals surface area contributed by atoms with E-state index in [1.807, 2.05) is 0 Å². The third kappa shape index (κ3) is 10.4. The van der Waals surface area contributed by atoms with Gasteiger partial charge in [0.05, 0.1) is 10.8 Å². The van der Waals surface area contributed by atoms with E-state index >= 15 is 0 Å². The van der Waals surface area contributed by atoms with Gasteiger partial charge in [-0.3, -0.25) is 0 Å². The smallest absolute Gasteiger partial charge is 0.0726 e. The molecule has 0 N–H and O–H groups in total. The number of nitrogens with zero attached hydrogens (tertiary/aromatic N) is 2. The molecule has 10 saturated carbocycles. The molecule has 2 heteroatoms. The first kappa shape index (κ1) is 65.3. The van der Waals surface area contributed by atoms with Crippen LogP contribution in [0.25, 0.3) is 33.4 Å². The lowest BCUT2D eigenvalue weighted by Crippen LogP contribution is -2.48. The van der Waals surface area contributed by atoms with Crippen molar-refractivity contribution in [2.75, 3.05) is 9.80 Å². The third-order valence-corrected chi connectivity index (χ3v) is 29.9. The first-order valence-electron chi connectivity index (χ1n) is 42.2. The second-order valence-corrected chi connectivity index (χ2v) is 35.9. The Kier molecular flexibility index (Phi) is 15.7. The number of benzene rings is 12. The van der Waals surface area contributed by atoms with Crippen LogP contribution in [0.2, 0.25) is 0 Å². The zero-order valence-corrected chi connectivity index (χ0v) is 62.8. The van der Waals surface area contributed by atoms with Gasteiger partial charge in [0, 0.05) is 34.1 Å². The molecule has 10 fully saturated rings. The van der Waals surface area contributed by atoms with Crippen molar-refractivity contribution in [1.29, 1.82) is 0 Å². The van der Waals surface area contributed by atoms with Crippen LogP contribution in [0.1, 0.15) is 220 Å². The van der Waals surface area contributed by atoms with E-state index in [9.17, 15) is 0 Å². The molecule has 0 saturated heterocycles. The van der Waals surface area contributed by atoms with E-state index in [1.54, 1.807) is 11.1 Å². The lowest BCUT2D eigenvalue weighted by atomic mass is 9.48. The Morgan fingerprint density at radius 3 is 0.815 bits per heavy atom. The van der Waals surface area contributed by atoms with Gasteiger partial charge in [-0.25, -0.2) is 0 Å². The summed E-state index contributed by atoms with van der Waals surface area (Å²) < 4.78 is 0.